The second kappa shape index (κ2) is 12.1. The molecule has 0 N–H and O–H groups in total. The van der Waals surface area contributed by atoms with Gasteiger partial charge in [0.25, 0.3) is 0 Å². The summed E-state index contributed by atoms with van der Waals surface area (Å²) in [6.45, 7) is 2.23. The van der Waals surface area contributed by atoms with Crippen LogP contribution < -0.4 is 0 Å². The Morgan fingerprint density at radius 1 is 1.00 bits per heavy atom. The molecule has 0 fully saturated rings. The van der Waals surface area contributed by atoms with Crippen LogP contribution >= 0.6 is 0 Å². The van der Waals surface area contributed by atoms with Crippen LogP contribution in [0.3, 0.4) is 0 Å². The minimum atomic E-state index is -0.203. The second-order valence-electron chi connectivity index (χ2n) is 4.21. The smallest absolute Gasteiger partial charge is 0.0566 e. The standard InChI is InChI=1S/C13H23N2O/c1-2-3-4-5-6-7-8-9-10-11-13(16)12-15-14/h2-11H2,1H3/q-1. The van der Waals surface area contributed by atoms with Crippen molar-refractivity contribution in [2.24, 2.45) is 0 Å². The van der Waals surface area contributed by atoms with E-state index in [9.17, 15) is 4.79 Å². The van der Waals surface area contributed by atoms with E-state index in [4.69, 9.17) is 5.53 Å². The Morgan fingerprint density at radius 3 is 2.00 bits per heavy atom. The quantitative estimate of drug-likeness (QED) is 0.173. The molecule has 0 atom stereocenters. The van der Waals surface area contributed by atoms with Crippen molar-refractivity contribution in [2.75, 3.05) is 0 Å². The summed E-state index contributed by atoms with van der Waals surface area (Å²) in [6.07, 6.45) is 13.6. The second-order valence-corrected chi connectivity index (χ2v) is 4.21. The fourth-order valence-corrected chi connectivity index (χ4v) is 1.71. The topological polar surface area (TPSA) is 53.5 Å². The lowest BCUT2D eigenvalue weighted by atomic mass is 10.1. The van der Waals surface area contributed by atoms with Crippen molar-refractivity contribution in [1.82, 2.24) is 0 Å². The Bertz CT molecular complexity index is 220. The van der Waals surface area contributed by atoms with E-state index >= 15 is 0 Å². The molecule has 0 heterocycles. The summed E-state index contributed by atoms with van der Waals surface area (Å²) in [5, 5.41) is 0. The molecule has 0 spiro atoms. The summed E-state index contributed by atoms with van der Waals surface area (Å²) in [5.41, 5.74) is 8.07. The highest BCUT2D eigenvalue weighted by atomic mass is 16.1. The van der Waals surface area contributed by atoms with E-state index in [0.717, 1.165) is 12.8 Å². The van der Waals surface area contributed by atoms with Crippen LogP contribution in [0, 0.1) is 0 Å². The molecule has 3 heteroatoms. The molecule has 0 aromatic heterocycles. The van der Waals surface area contributed by atoms with Crippen molar-refractivity contribution in [3.8, 4) is 0 Å². The molecule has 0 amide bonds. The molecule has 0 aromatic rings. The normalized spacial score (nSPS) is 9.81. The van der Waals surface area contributed by atoms with E-state index in [1.807, 2.05) is 6.21 Å². The van der Waals surface area contributed by atoms with Crippen LogP contribution in [0.2, 0.25) is 0 Å². The van der Waals surface area contributed by atoms with Gasteiger partial charge in [0.1, 0.15) is 0 Å². The van der Waals surface area contributed by atoms with Crippen molar-refractivity contribution in [3.05, 3.63) is 5.53 Å². The first-order chi connectivity index (χ1) is 7.81. The van der Waals surface area contributed by atoms with Crippen molar-refractivity contribution >= 4 is 12.0 Å². The molecule has 16 heavy (non-hydrogen) atoms. The molecule has 0 aliphatic rings. The minimum absolute atomic E-state index is 0.203. The first kappa shape index (κ1) is 15.0. The molecule has 0 rings (SSSR count). The third kappa shape index (κ3) is 11.1. The predicted molar refractivity (Wildman–Crippen MR) is 65.5 cm³/mol. The van der Waals surface area contributed by atoms with Crippen LogP contribution in [-0.4, -0.2) is 16.8 Å². The van der Waals surface area contributed by atoms with Crippen molar-refractivity contribution in [3.63, 3.8) is 0 Å². The summed E-state index contributed by atoms with van der Waals surface area (Å²) >= 11 is 0. The molecule has 0 aliphatic carbocycles. The number of hydrogen-bond acceptors (Lipinski definition) is 1. The lowest BCUT2D eigenvalue weighted by Gasteiger charge is -2.01. The lowest BCUT2D eigenvalue weighted by molar-refractivity contribution is -0.116. The number of carbonyl (C=O) groups is 1. The molecule has 0 saturated heterocycles. The fourth-order valence-electron chi connectivity index (χ4n) is 1.71. The first-order valence-electron chi connectivity index (χ1n) is 6.44. The Hall–Kier alpha value is -0.950. The van der Waals surface area contributed by atoms with E-state index in [1.54, 1.807) is 0 Å². The molecule has 0 radical (unpaired) electrons. The SMILES string of the molecule is CCCCCCCCCCCC(=O)[C-]=[N+]=[N-]. The largest absolute Gasteiger partial charge is 0.407 e. The van der Waals surface area contributed by atoms with E-state index in [-0.39, 0.29) is 5.78 Å². The summed E-state index contributed by atoms with van der Waals surface area (Å²) in [4.78, 5) is 13.5. The number of nitrogens with zero attached hydrogens (tertiary/aromatic N) is 2. The molecule has 0 saturated carbocycles. The van der Waals surface area contributed by atoms with Gasteiger partial charge in [0.15, 0.2) is 0 Å². The van der Waals surface area contributed by atoms with Crippen LogP contribution in [0.15, 0.2) is 0 Å². The predicted octanol–water partition coefficient (Wildman–Crippen LogP) is 3.65. The molecule has 0 aliphatic heterocycles. The maximum atomic E-state index is 10.9. The average Bonchev–Trinajstić information content (AvgIpc) is 2.27. The third-order valence-corrected chi connectivity index (χ3v) is 2.68. The maximum Gasteiger partial charge on any atom is 0.0566 e. The van der Waals surface area contributed by atoms with Gasteiger partial charge in [0, 0.05) is 6.21 Å². The summed E-state index contributed by atoms with van der Waals surface area (Å²) in [7, 11) is 0. The monoisotopic (exact) mass is 223 g/mol. The Morgan fingerprint density at radius 2 is 1.50 bits per heavy atom. The molecular weight excluding hydrogens is 200 g/mol. The highest BCUT2D eigenvalue weighted by molar-refractivity contribution is 6.25. The van der Waals surface area contributed by atoms with Crippen LogP contribution in [0.25, 0.3) is 5.53 Å². The number of unbranched alkanes of at least 4 members (excludes halogenated alkanes) is 8. The Balaban J connectivity index is 3.09. The molecule has 92 valence electrons. The molecule has 3 nitrogen and oxygen atoms in total. The van der Waals surface area contributed by atoms with Gasteiger partial charge >= 0.3 is 0 Å². The molecule has 0 aromatic carbocycles. The maximum absolute atomic E-state index is 10.9. The minimum Gasteiger partial charge on any atom is -0.407 e. The molecule has 0 bridgehead atoms. The van der Waals surface area contributed by atoms with Gasteiger partial charge in [-0.05, 0) is 12.8 Å². The molecular formula is C13H23N2O-. The number of hydrogen-bond donors (Lipinski definition) is 0. The Labute approximate surface area is 98.9 Å². The number of rotatable bonds is 11. The van der Waals surface area contributed by atoms with Gasteiger partial charge in [0.2, 0.25) is 0 Å². The van der Waals surface area contributed by atoms with Gasteiger partial charge in [-0.1, -0.05) is 58.3 Å². The molecule has 0 unspecified atom stereocenters. The average molecular weight is 223 g/mol. The number of ketones is 1. The van der Waals surface area contributed by atoms with Crippen LogP contribution in [0.4, 0.5) is 0 Å². The van der Waals surface area contributed by atoms with Gasteiger partial charge in [-0.15, -0.1) is 0 Å². The zero-order valence-electron chi connectivity index (χ0n) is 10.4. The van der Waals surface area contributed by atoms with Gasteiger partial charge in [-0.25, -0.2) is 0 Å². The van der Waals surface area contributed by atoms with Crippen molar-refractivity contribution < 1.29 is 9.58 Å². The first-order valence-corrected chi connectivity index (χ1v) is 6.44. The summed E-state index contributed by atoms with van der Waals surface area (Å²) in [5.74, 6) is -0.203. The highest BCUT2D eigenvalue weighted by Crippen LogP contribution is 2.10. The summed E-state index contributed by atoms with van der Waals surface area (Å²) < 4.78 is 0. The van der Waals surface area contributed by atoms with Gasteiger partial charge in [0.05, 0.1) is 5.78 Å². The van der Waals surface area contributed by atoms with E-state index in [1.165, 1.54) is 44.9 Å². The fraction of sp³-hybridized carbons (Fsp3) is 0.846. The van der Waals surface area contributed by atoms with Gasteiger partial charge in [-0.3, -0.25) is 0 Å². The van der Waals surface area contributed by atoms with E-state index in [0.29, 0.717) is 6.42 Å². The highest BCUT2D eigenvalue weighted by Gasteiger charge is 1.94. The van der Waals surface area contributed by atoms with E-state index in [2.05, 4.69) is 11.7 Å². The van der Waals surface area contributed by atoms with Crippen LogP contribution in [-0.2, 0) is 4.79 Å². The van der Waals surface area contributed by atoms with Crippen LogP contribution in [0.1, 0.15) is 71.1 Å². The van der Waals surface area contributed by atoms with Crippen molar-refractivity contribution in [1.29, 1.82) is 0 Å². The van der Waals surface area contributed by atoms with Gasteiger partial charge in [-0.2, -0.15) is 0 Å². The summed E-state index contributed by atoms with van der Waals surface area (Å²) in [6, 6.07) is 0. The van der Waals surface area contributed by atoms with Crippen molar-refractivity contribution in [2.45, 2.75) is 71.1 Å². The Kier molecular flexibility index (Phi) is 11.4. The van der Waals surface area contributed by atoms with E-state index < -0.39 is 0 Å². The number of carbonyl (C=O) groups excluding carboxylic acids is 1. The third-order valence-electron chi connectivity index (χ3n) is 2.68. The number of Topliss-reactive ketones (excluding diaryl/α,β-unsaturated/α-hetero) is 1. The zero-order valence-corrected chi connectivity index (χ0v) is 10.4. The lowest BCUT2D eigenvalue weighted by Crippen LogP contribution is -1.99. The van der Waals surface area contributed by atoms with Crippen LogP contribution in [0.5, 0.6) is 0 Å². The van der Waals surface area contributed by atoms with Gasteiger partial charge < -0.3 is 15.1 Å². The zero-order chi connectivity index (χ0) is 12.1.